The number of aliphatic hydroxyl groups excluding tert-OH is 1. The molecule has 3 nitrogen and oxygen atoms in total. The second-order valence-corrected chi connectivity index (χ2v) is 18.6. The van der Waals surface area contributed by atoms with E-state index in [1.165, 1.54) is 25.7 Å². The van der Waals surface area contributed by atoms with Crippen LogP contribution in [0.15, 0.2) is 0 Å². The van der Waals surface area contributed by atoms with Crippen LogP contribution in [0.25, 0.3) is 0 Å². The molecule has 4 fully saturated rings. The number of fused-ring (bicyclic) bond motifs is 5. The molecule has 4 heteroatoms. The highest BCUT2D eigenvalue weighted by atomic mass is 28.4. The molecule has 9 atom stereocenters. The van der Waals surface area contributed by atoms with Crippen molar-refractivity contribution in [2.24, 2.45) is 40.4 Å². The molecule has 178 valence electrons. The van der Waals surface area contributed by atoms with Crippen molar-refractivity contribution >= 4 is 14.1 Å². The predicted octanol–water partition coefficient (Wildman–Crippen LogP) is 6.60. The van der Waals surface area contributed by atoms with Gasteiger partial charge in [0.2, 0.25) is 0 Å². The topological polar surface area (TPSA) is 46.5 Å². The van der Waals surface area contributed by atoms with Gasteiger partial charge in [-0.05, 0) is 111 Å². The molecule has 31 heavy (non-hydrogen) atoms. The molecule has 3 unspecified atom stereocenters. The van der Waals surface area contributed by atoms with Crippen LogP contribution in [0.4, 0.5) is 0 Å². The van der Waals surface area contributed by atoms with E-state index in [2.05, 4.69) is 47.7 Å². The summed E-state index contributed by atoms with van der Waals surface area (Å²) in [6.07, 6.45) is 9.18. The molecule has 0 spiro atoms. The number of hydrogen-bond donors (Lipinski definition) is 1. The minimum absolute atomic E-state index is 0.111. The van der Waals surface area contributed by atoms with Crippen LogP contribution in [0.2, 0.25) is 18.1 Å². The van der Waals surface area contributed by atoms with Crippen molar-refractivity contribution in [3.63, 3.8) is 0 Å². The second-order valence-electron chi connectivity index (χ2n) is 13.9. The van der Waals surface area contributed by atoms with E-state index >= 15 is 0 Å². The van der Waals surface area contributed by atoms with E-state index in [-0.39, 0.29) is 22.5 Å². The van der Waals surface area contributed by atoms with Gasteiger partial charge in [0, 0.05) is 12.0 Å². The summed E-state index contributed by atoms with van der Waals surface area (Å²) in [7, 11) is -1.77. The lowest BCUT2D eigenvalue weighted by atomic mass is 9.44. The summed E-state index contributed by atoms with van der Waals surface area (Å²) in [6.45, 7) is 18.5. The van der Waals surface area contributed by atoms with Gasteiger partial charge in [-0.1, -0.05) is 34.6 Å². The number of carbonyl (C=O) groups excluding carboxylic acids is 1. The van der Waals surface area contributed by atoms with Gasteiger partial charge in [-0.25, -0.2) is 0 Å². The molecule has 4 aliphatic rings. The summed E-state index contributed by atoms with van der Waals surface area (Å²) < 4.78 is 6.85. The normalized spacial score (nSPS) is 48.0. The van der Waals surface area contributed by atoms with Gasteiger partial charge in [-0.3, -0.25) is 4.79 Å². The van der Waals surface area contributed by atoms with Crippen LogP contribution in [-0.4, -0.2) is 31.4 Å². The van der Waals surface area contributed by atoms with Crippen LogP contribution >= 0.6 is 0 Å². The molecule has 0 aromatic carbocycles. The number of Topliss-reactive ketones (excluding diaryl/α,β-unsaturated/α-hetero) is 1. The Hall–Kier alpha value is -0.193. The summed E-state index contributed by atoms with van der Waals surface area (Å²) in [6, 6.07) is 0. The summed E-state index contributed by atoms with van der Waals surface area (Å²) in [5, 5.41) is 11.7. The quantitative estimate of drug-likeness (QED) is 0.495. The molecule has 0 amide bonds. The summed E-state index contributed by atoms with van der Waals surface area (Å²) in [5.74, 6) is 2.68. The molecule has 4 saturated carbocycles. The smallest absolute Gasteiger partial charge is 0.192 e. The zero-order valence-electron chi connectivity index (χ0n) is 21.5. The van der Waals surface area contributed by atoms with Crippen molar-refractivity contribution in [2.75, 3.05) is 0 Å². The second kappa shape index (κ2) is 7.66. The molecule has 0 aromatic heterocycles. The van der Waals surface area contributed by atoms with Crippen LogP contribution in [0.1, 0.15) is 92.9 Å². The Morgan fingerprint density at radius 1 is 0.968 bits per heavy atom. The molecule has 0 heterocycles. The van der Waals surface area contributed by atoms with Gasteiger partial charge in [0.15, 0.2) is 8.32 Å². The number of carbonyl (C=O) groups is 1. The number of aliphatic hydroxyl groups is 1. The van der Waals surface area contributed by atoms with Crippen molar-refractivity contribution in [3.8, 4) is 0 Å². The lowest BCUT2D eigenvalue weighted by Gasteiger charge is -2.62. The fourth-order valence-electron chi connectivity index (χ4n) is 8.55. The molecule has 4 aliphatic carbocycles. The third-order valence-corrected chi connectivity index (χ3v) is 15.9. The maximum Gasteiger partial charge on any atom is 0.192 e. The van der Waals surface area contributed by atoms with Crippen molar-refractivity contribution in [1.29, 1.82) is 0 Å². The zero-order valence-corrected chi connectivity index (χ0v) is 22.5. The first-order valence-corrected chi connectivity index (χ1v) is 16.0. The van der Waals surface area contributed by atoms with E-state index in [4.69, 9.17) is 4.43 Å². The van der Waals surface area contributed by atoms with Crippen molar-refractivity contribution in [1.82, 2.24) is 0 Å². The highest BCUT2D eigenvalue weighted by Gasteiger charge is 2.63. The first-order chi connectivity index (χ1) is 14.2. The molecule has 0 bridgehead atoms. The molecular formula is C27H48O3Si. The predicted molar refractivity (Wildman–Crippen MR) is 129 cm³/mol. The van der Waals surface area contributed by atoms with Gasteiger partial charge in [-0.15, -0.1) is 0 Å². The SMILES string of the molecule is CC(=O)[C@H]1CC[C@H]2[C@@H]3C(O)CC4CC(O[Si](C)(C)C(C)(C)C)CC[C@]4(C)[C@H]3CC[C@]12C. The zero-order chi connectivity index (χ0) is 23.0. The first kappa shape index (κ1) is 23.9. The maximum atomic E-state index is 12.4. The molecular weight excluding hydrogens is 400 g/mol. The van der Waals surface area contributed by atoms with Crippen LogP contribution in [-0.2, 0) is 9.22 Å². The van der Waals surface area contributed by atoms with Gasteiger partial charge >= 0.3 is 0 Å². The standard InChI is InChI=1S/C27H48O3Si/c1-17(28)20-9-10-21-24-22(12-14-27(20,21)6)26(5)13-11-19(15-18(26)16-23(24)29)30-31(7,8)25(2,3)4/h18-24,29H,9-16H2,1-8H3/t18?,19?,20-,21+,22+,23?,24+,26+,27-/m1/s1. The van der Waals surface area contributed by atoms with E-state index < -0.39 is 8.32 Å². The summed E-state index contributed by atoms with van der Waals surface area (Å²) >= 11 is 0. The molecule has 0 radical (unpaired) electrons. The van der Waals surface area contributed by atoms with Crippen LogP contribution in [0, 0.1) is 40.4 Å². The monoisotopic (exact) mass is 448 g/mol. The Morgan fingerprint density at radius 3 is 2.19 bits per heavy atom. The van der Waals surface area contributed by atoms with E-state index in [9.17, 15) is 9.90 Å². The van der Waals surface area contributed by atoms with Crippen molar-refractivity contribution in [2.45, 2.75) is 123 Å². The molecule has 1 N–H and O–H groups in total. The third-order valence-electron chi connectivity index (χ3n) is 11.4. The molecule has 0 aliphatic heterocycles. The fourth-order valence-corrected chi connectivity index (χ4v) is 9.95. The van der Waals surface area contributed by atoms with Crippen molar-refractivity contribution in [3.05, 3.63) is 0 Å². The molecule has 4 rings (SSSR count). The van der Waals surface area contributed by atoms with E-state index in [1.807, 2.05) is 0 Å². The van der Waals surface area contributed by atoms with Crippen LogP contribution < -0.4 is 0 Å². The fraction of sp³-hybridized carbons (Fsp3) is 0.963. The number of ketones is 1. The van der Waals surface area contributed by atoms with Crippen LogP contribution in [0.5, 0.6) is 0 Å². The summed E-state index contributed by atoms with van der Waals surface area (Å²) in [5.41, 5.74) is 0.437. The Morgan fingerprint density at radius 2 is 1.58 bits per heavy atom. The van der Waals surface area contributed by atoms with E-state index in [0.717, 1.165) is 25.7 Å². The minimum Gasteiger partial charge on any atom is -0.414 e. The summed E-state index contributed by atoms with van der Waals surface area (Å²) in [4.78, 5) is 12.4. The lowest BCUT2D eigenvalue weighted by Crippen LogP contribution is -2.59. The Bertz CT molecular complexity index is 712. The van der Waals surface area contributed by atoms with E-state index in [0.29, 0.717) is 41.0 Å². The molecule has 0 saturated heterocycles. The molecule has 0 aromatic rings. The lowest BCUT2D eigenvalue weighted by molar-refractivity contribution is -0.172. The van der Waals surface area contributed by atoms with Crippen LogP contribution in [0.3, 0.4) is 0 Å². The number of rotatable bonds is 3. The van der Waals surface area contributed by atoms with Gasteiger partial charge < -0.3 is 9.53 Å². The van der Waals surface area contributed by atoms with Gasteiger partial charge in [0.1, 0.15) is 5.78 Å². The van der Waals surface area contributed by atoms with Gasteiger partial charge in [0.05, 0.1) is 6.10 Å². The highest BCUT2D eigenvalue weighted by molar-refractivity contribution is 6.74. The van der Waals surface area contributed by atoms with Gasteiger partial charge in [0.25, 0.3) is 0 Å². The Kier molecular flexibility index (Phi) is 5.92. The third kappa shape index (κ3) is 3.71. The average Bonchev–Trinajstić information content (AvgIpc) is 2.99. The maximum absolute atomic E-state index is 12.4. The average molecular weight is 449 g/mol. The first-order valence-electron chi connectivity index (χ1n) is 13.1. The highest BCUT2D eigenvalue weighted by Crippen LogP contribution is 2.67. The minimum atomic E-state index is -1.77. The van der Waals surface area contributed by atoms with Gasteiger partial charge in [-0.2, -0.15) is 0 Å². The number of hydrogen-bond acceptors (Lipinski definition) is 3. The Balaban J connectivity index is 1.53. The van der Waals surface area contributed by atoms with Crippen molar-refractivity contribution < 1.29 is 14.3 Å². The Labute approximate surface area is 192 Å². The largest absolute Gasteiger partial charge is 0.414 e. The van der Waals surface area contributed by atoms with E-state index in [1.54, 1.807) is 6.92 Å².